The van der Waals surface area contributed by atoms with Crippen LogP contribution in [0, 0.1) is 0 Å². The third kappa shape index (κ3) is 4.20. The van der Waals surface area contributed by atoms with Crippen LogP contribution < -0.4 is 0 Å². The lowest BCUT2D eigenvalue weighted by atomic mass is 9.87. The second-order valence-electron chi connectivity index (χ2n) is 9.54. The van der Waals surface area contributed by atoms with Gasteiger partial charge in [-0.25, -0.2) is 9.67 Å². The molecule has 1 N–H and O–H groups in total. The molecule has 0 saturated carbocycles. The molecular weight excluding hydrogens is 360 g/mol. The van der Waals surface area contributed by atoms with Gasteiger partial charge in [-0.3, -0.25) is 0 Å². The summed E-state index contributed by atoms with van der Waals surface area (Å²) in [5.74, 6) is 1.86. The molecule has 2 heterocycles. The summed E-state index contributed by atoms with van der Waals surface area (Å²) in [7, 11) is 2.29. The molecule has 3 aromatic rings. The van der Waals surface area contributed by atoms with Gasteiger partial charge in [-0.2, -0.15) is 0 Å². The van der Waals surface area contributed by atoms with Gasteiger partial charge in [-0.15, -0.1) is 5.10 Å². The average Bonchev–Trinajstić information content (AvgIpc) is 3.28. The molecule has 1 saturated heterocycles. The van der Waals surface area contributed by atoms with Crippen molar-refractivity contribution in [1.29, 1.82) is 0 Å². The lowest BCUT2D eigenvalue weighted by Gasteiger charge is -2.27. The predicted octanol–water partition coefficient (Wildman–Crippen LogP) is 4.68. The Hall–Kier alpha value is -2.66. The molecule has 29 heavy (non-hydrogen) atoms. The number of likely N-dealkylation sites (tertiary alicyclic amines) is 1. The minimum Gasteiger partial charge on any atom is -0.508 e. The summed E-state index contributed by atoms with van der Waals surface area (Å²) < 4.78 is 2.91. The first kappa shape index (κ1) is 19.6. The van der Waals surface area contributed by atoms with Crippen molar-refractivity contribution in [2.45, 2.75) is 45.6 Å². The van der Waals surface area contributed by atoms with E-state index in [-0.39, 0.29) is 11.2 Å². The lowest BCUT2D eigenvalue weighted by molar-refractivity contribution is -0.911. The van der Waals surface area contributed by atoms with Gasteiger partial charge in [0.15, 0.2) is 5.82 Å². The molecule has 1 fully saturated rings. The van der Waals surface area contributed by atoms with Crippen molar-refractivity contribution in [3.63, 3.8) is 0 Å². The molecule has 0 bridgehead atoms. The van der Waals surface area contributed by atoms with Gasteiger partial charge >= 0.3 is 0 Å². The smallest absolute Gasteiger partial charge is 0.206 e. The molecule has 2 aromatic carbocycles. The van der Waals surface area contributed by atoms with Crippen LogP contribution in [0.25, 0.3) is 17.1 Å². The van der Waals surface area contributed by atoms with Crippen LogP contribution in [0.1, 0.15) is 45.0 Å². The van der Waals surface area contributed by atoms with Gasteiger partial charge in [0.2, 0.25) is 5.82 Å². The van der Waals surface area contributed by atoms with Crippen LogP contribution >= 0.6 is 0 Å². The molecule has 0 radical (unpaired) electrons. The maximum atomic E-state index is 9.98. The highest BCUT2D eigenvalue weighted by Gasteiger charge is 2.29. The fourth-order valence-corrected chi connectivity index (χ4v) is 4.13. The summed E-state index contributed by atoms with van der Waals surface area (Å²) >= 11 is 0. The standard InChI is InChI=1S/C24H30N4O/c1-24(2,3)19-10-12-20(13-11-19)27-23(18-8-7-9-21(29)16-18)25-22(26-27)17-28(4)14-5-6-15-28/h7-13,16H,5-6,14-15,17H2,1-4H3/p+1. The number of nitrogens with zero attached hydrogens (tertiary/aromatic N) is 4. The van der Waals surface area contributed by atoms with E-state index >= 15 is 0 Å². The Morgan fingerprint density at radius 2 is 1.72 bits per heavy atom. The number of aromatic nitrogens is 3. The van der Waals surface area contributed by atoms with Crippen molar-refractivity contribution >= 4 is 0 Å². The minimum absolute atomic E-state index is 0.106. The lowest BCUT2D eigenvalue weighted by Crippen LogP contribution is -2.40. The molecule has 4 rings (SSSR count). The van der Waals surface area contributed by atoms with E-state index in [1.165, 1.54) is 31.5 Å². The Balaban J connectivity index is 1.76. The first-order chi connectivity index (χ1) is 13.7. The fraction of sp³-hybridized carbons (Fsp3) is 0.417. The monoisotopic (exact) mass is 391 g/mol. The van der Waals surface area contributed by atoms with Gasteiger partial charge < -0.3 is 9.59 Å². The number of benzene rings is 2. The van der Waals surface area contributed by atoms with E-state index in [4.69, 9.17) is 10.1 Å². The molecular formula is C24H31N4O+. The zero-order chi connectivity index (χ0) is 20.6. The third-order valence-corrected chi connectivity index (χ3v) is 5.90. The molecule has 0 aliphatic carbocycles. The first-order valence-corrected chi connectivity index (χ1v) is 10.4. The van der Waals surface area contributed by atoms with Crippen LogP contribution in [0.3, 0.4) is 0 Å². The first-order valence-electron chi connectivity index (χ1n) is 10.4. The number of aromatic hydroxyl groups is 1. The molecule has 5 nitrogen and oxygen atoms in total. The second-order valence-corrected chi connectivity index (χ2v) is 9.54. The number of phenols is 1. The highest BCUT2D eigenvalue weighted by Crippen LogP contribution is 2.28. The van der Waals surface area contributed by atoms with Gasteiger partial charge in [0, 0.05) is 18.4 Å². The SMILES string of the molecule is CC(C)(C)c1ccc(-n2nc(C[N+]3(C)CCCC3)nc2-c2cccc(O)c2)cc1. The number of quaternary nitrogens is 1. The van der Waals surface area contributed by atoms with Crippen molar-refractivity contribution in [3.05, 3.63) is 59.9 Å². The summed E-state index contributed by atoms with van der Waals surface area (Å²) in [5.41, 5.74) is 3.25. The number of hydrogen-bond donors (Lipinski definition) is 1. The van der Waals surface area contributed by atoms with E-state index in [0.29, 0.717) is 0 Å². The molecule has 5 heteroatoms. The van der Waals surface area contributed by atoms with Gasteiger partial charge in [0.1, 0.15) is 12.3 Å². The molecule has 0 unspecified atom stereocenters. The zero-order valence-electron chi connectivity index (χ0n) is 17.9. The summed E-state index contributed by atoms with van der Waals surface area (Å²) in [5, 5.41) is 14.9. The van der Waals surface area contributed by atoms with Crippen molar-refractivity contribution < 1.29 is 9.59 Å². The Kier molecular flexibility index (Phi) is 4.95. The van der Waals surface area contributed by atoms with E-state index in [0.717, 1.165) is 33.9 Å². The molecule has 152 valence electrons. The van der Waals surface area contributed by atoms with Gasteiger partial charge in [-0.05, 0) is 35.2 Å². The molecule has 1 aliphatic rings. The largest absolute Gasteiger partial charge is 0.508 e. The van der Waals surface area contributed by atoms with Crippen LogP contribution in [0.4, 0.5) is 0 Å². The molecule has 1 aliphatic heterocycles. The normalized spacial score (nSPS) is 16.3. The van der Waals surface area contributed by atoms with Crippen LogP contribution in [0.2, 0.25) is 0 Å². The van der Waals surface area contributed by atoms with E-state index in [1.54, 1.807) is 12.1 Å². The molecule has 1 aromatic heterocycles. The maximum absolute atomic E-state index is 9.98. The zero-order valence-corrected chi connectivity index (χ0v) is 17.9. The molecule has 0 spiro atoms. The minimum atomic E-state index is 0.106. The van der Waals surface area contributed by atoms with E-state index in [9.17, 15) is 5.11 Å². The Morgan fingerprint density at radius 1 is 1.03 bits per heavy atom. The van der Waals surface area contributed by atoms with Crippen LogP contribution in [-0.2, 0) is 12.0 Å². The molecule has 0 atom stereocenters. The van der Waals surface area contributed by atoms with Crippen molar-refractivity contribution in [2.24, 2.45) is 0 Å². The van der Waals surface area contributed by atoms with Crippen molar-refractivity contribution in [3.8, 4) is 22.8 Å². The topological polar surface area (TPSA) is 50.9 Å². The third-order valence-electron chi connectivity index (χ3n) is 5.90. The Morgan fingerprint density at radius 3 is 2.34 bits per heavy atom. The van der Waals surface area contributed by atoms with E-state index in [2.05, 4.69) is 52.1 Å². The number of hydrogen-bond acceptors (Lipinski definition) is 3. The van der Waals surface area contributed by atoms with Crippen LogP contribution in [0.15, 0.2) is 48.5 Å². The highest BCUT2D eigenvalue weighted by atomic mass is 16.3. The van der Waals surface area contributed by atoms with Gasteiger partial charge in [0.25, 0.3) is 0 Å². The van der Waals surface area contributed by atoms with Crippen LogP contribution in [-0.4, -0.2) is 44.5 Å². The quantitative estimate of drug-likeness (QED) is 0.657. The Labute approximate surface area is 173 Å². The Bertz CT molecular complexity index is 992. The summed E-state index contributed by atoms with van der Waals surface area (Å²) in [6, 6.07) is 15.8. The van der Waals surface area contributed by atoms with Gasteiger partial charge in [-0.1, -0.05) is 45.0 Å². The second kappa shape index (κ2) is 7.30. The number of rotatable bonds is 4. The van der Waals surface area contributed by atoms with E-state index < -0.39 is 0 Å². The number of phenolic OH excluding ortho intramolecular Hbond substituents is 1. The fourth-order valence-electron chi connectivity index (χ4n) is 4.13. The summed E-state index contributed by atoms with van der Waals surface area (Å²) in [4.78, 5) is 4.90. The van der Waals surface area contributed by atoms with Crippen molar-refractivity contribution in [2.75, 3.05) is 20.1 Å². The summed E-state index contributed by atoms with van der Waals surface area (Å²) in [6.07, 6.45) is 2.54. The van der Waals surface area contributed by atoms with Crippen LogP contribution in [0.5, 0.6) is 5.75 Å². The molecule has 0 amide bonds. The highest BCUT2D eigenvalue weighted by molar-refractivity contribution is 5.60. The van der Waals surface area contributed by atoms with Gasteiger partial charge in [0.05, 0.1) is 25.8 Å². The average molecular weight is 392 g/mol. The summed E-state index contributed by atoms with van der Waals surface area (Å²) in [6.45, 7) is 9.83. The van der Waals surface area contributed by atoms with Crippen molar-refractivity contribution in [1.82, 2.24) is 14.8 Å². The van der Waals surface area contributed by atoms with E-state index in [1.807, 2.05) is 16.8 Å². The predicted molar refractivity (Wildman–Crippen MR) is 116 cm³/mol. The maximum Gasteiger partial charge on any atom is 0.206 e.